The summed E-state index contributed by atoms with van der Waals surface area (Å²) in [6, 6.07) is 3.03. The molecule has 1 amide bonds. The van der Waals surface area contributed by atoms with Crippen molar-refractivity contribution in [1.29, 1.82) is 0 Å². The van der Waals surface area contributed by atoms with Crippen molar-refractivity contribution in [2.45, 2.75) is 44.7 Å². The second-order valence-electron chi connectivity index (χ2n) is 6.07. The number of thiophene rings is 1. The summed E-state index contributed by atoms with van der Waals surface area (Å²) in [4.78, 5) is 16.9. The van der Waals surface area contributed by atoms with Crippen molar-refractivity contribution in [2.75, 3.05) is 19.6 Å². The molecule has 1 aromatic rings. The fourth-order valence-corrected chi connectivity index (χ4v) is 4.27. The van der Waals surface area contributed by atoms with Crippen molar-refractivity contribution >= 4 is 23.3 Å². The van der Waals surface area contributed by atoms with Gasteiger partial charge in [-0.05, 0) is 41.7 Å². The Hall–Kier alpha value is -1.13. The Morgan fingerprint density at radius 3 is 2.76 bits per heavy atom. The fourth-order valence-electron chi connectivity index (χ4n) is 3.64. The number of nitrogens with zero attached hydrogens (tertiary/aromatic N) is 2. The smallest absolute Gasteiger partial charge is 0.222 e. The molecule has 3 rings (SSSR count). The molecular formula is C17H24N2OS. The summed E-state index contributed by atoms with van der Waals surface area (Å²) in [7, 11) is 0. The molecule has 4 heteroatoms. The summed E-state index contributed by atoms with van der Waals surface area (Å²) >= 11 is 1.74. The van der Waals surface area contributed by atoms with Gasteiger partial charge in [0, 0.05) is 38.1 Å². The van der Waals surface area contributed by atoms with Crippen LogP contribution in [-0.2, 0) is 4.79 Å². The highest BCUT2D eigenvalue weighted by atomic mass is 32.1. The van der Waals surface area contributed by atoms with E-state index in [1.807, 2.05) is 6.92 Å². The number of likely N-dealkylation sites (tertiary alicyclic amines) is 1. The molecule has 114 valence electrons. The van der Waals surface area contributed by atoms with Crippen molar-refractivity contribution in [1.82, 2.24) is 9.80 Å². The van der Waals surface area contributed by atoms with Crippen LogP contribution in [0.3, 0.4) is 0 Å². The Labute approximate surface area is 131 Å². The van der Waals surface area contributed by atoms with Crippen LogP contribution in [0.4, 0.5) is 0 Å². The Morgan fingerprint density at radius 2 is 2.14 bits per heavy atom. The van der Waals surface area contributed by atoms with Gasteiger partial charge in [-0.3, -0.25) is 9.69 Å². The van der Waals surface area contributed by atoms with Gasteiger partial charge in [0.05, 0.1) is 0 Å². The van der Waals surface area contributed by atoms with Gasteiger partial charge in [0.25, 0.3) is 0 Å². The molecule has 2 bridgehead atoms. The third-order valence-corrected chi connectivity index (χ3v) is 5.31. The second kappa shape index (κ2) is 6.75. The molecule has 0 radical (unpaired) electrons. The Morgan fingerprint density at radius 1 is 1.38 bits per heavy atom. The Balaban J connectivity index is 1.59. The second-order valence-corrected chi connectivity index (χ2v) is 6.85. The number of hydrogen-bond donors (Lipinski definition) is 0. The van der Waals surface area contributed by atoms with E-state index in [1.165, 1.54) is 24.8 Å². The summed E-state index contributed by atoms with van der Waals surface area (Å²) in [5, 5.41) is 4.28. The lowest BCUT2D eigenvalue weighted by molar-refractivity contribution is -0.142. The number of amides is 1. The lowest BCUT2D eigenvalue weighted by Gasteiger charge is -2.50. The molecule has 2 fully saturated rings. The molecule has 2 atom stereocenters. The van der Waals surface area contributed by atoms with E-state index >= 15 is 0 Å². The molecule has 0 saturated carbocycles. The van der Waals surface area contributed by atoms with E-state index in [2.05, 4.69) is 38.8 Å². The standard InChI is InChI=1S/C17H24N2OS/c1-2-17(20)19-15-6-3-7-16(19)12-18(11-15)9-4-5-14-8-10-21-13-14/h4-5,8,10,13,15-16H,2-3,6-7,9,11-12H2,1H3/b5-4+. The number of rotatable bonds is 4. The van der Waals surface area contributed by atoms with Crippen molar-refractivity contribution in [2.24, 2.45) is 0 Å². The summed E-state index contributed by atoms with van der Waals surface area (Å²) in [5.41, 5.74) is 1.29. The average Bonchev–Trinajstić information content (AvgIpc) is 2.99. The molecule has 2 aliphatic rings. The van der Waals surface area contributed by atoms with Crippen molar-refractivity contribution in [3.63, 3.8) is 0 Å². The lowest BCUT2D eigenvalue weighted by Crippen LogP contribution is -2.62. The summed E-state index contributed by atoms with van der Waals surface area (Å²) in [6.45, 7) is 5.05. The first-order valence-corrected chi connectivity index (χ1v) is 8.94. The first-order valence-electron chi connectivity index (χ1n) is 8.00. The van der Waals surface area contributed by atoms with Crippen LogP contribution in [0.5, 0.6) is 0 Å². The lowest BCUT2D eigenvalue weighted by atomic mass is 9.91. The highest BCUT2D eigenvalue weighted by Gasteiger charge is 2.38. The third-order valence-electron chi connectivity index (χ3n) is 4.61. The SMILES string of the molecule is CCC(=O)N1C2CCCC1CN(C/C=C/c1ccsc1)C2. The zero-order valence-corrected chi connectivity index (χ0v) is 13.5. The van der Waals surface area contributed by atoms with Gasteiger partial charge in [-0.2, -0.15) is 11.3 Å². The topological polar surface area (TPSA) is 23.6 Å². The average molecular weight is 304 g/mol. The number of carbonyl (C=O) groups is 1. The number of piperidine rings is 1. The number of fused-ring (bicyclic) bond motifs is 2. The highest BCUT2D eigenvalue weighted by Crippen LogP contribution is 2.29. The Bertz CT molecular complexity index is 483. The zero-order valence-electron chi connectivity index (χ0n) is 12.7. The van der Waals surface area contributed by atoms with Gasteiger partial charge >= 0.3 is 0 Å². The van der Waals surface area contributed by atoms with Crippen LogP contribution < -0.4 is 0 Å². The zero-order chi connectivity index (χ0) is 14.7. The molecule has 3 heterocycles. The number of hydrogen-bond acceptors (Lipinski definition) is 3. The molecule has 0 aliphatic carbocycles. The quantitative estimate of drug-likeness (QED) is 0.852. The van der Waals surface area contributed by atoms with Gasteiger partial charge in [-0.1, -0.05) is 19.1 Å². The van der Waals surface area contributed by atoms with Crippen LogP contribution in [-0.4, -0.2) is 47.4 Å². The highest BCUT2D eigenvalue weighted by molar-refractivity contribution is 7.08. The molecule has 21 heavy (non-hydrogen) atoms. The van der Waals surface area contributed by atoms with E-state index in [1.54, 1.807) is 11.3 Å². The van der Waals surface area contributed by atoms with Gasteiger partial charge in [0.2, 0.25) is 5.91 Å². The van der Waals surface area contributed by atoms with E-state index in [-0.39, 0.29) is 0 Å². The normalized spacial score (nSPS) is 26.4. The van der Waals surface area contributed by atoms with E-state index in [4.69, 9.17) is 0 Å². The minimum atomic E-state index is 0.346. The molecule has 0 aromatic carbocycles. The number of piperazine rings is 1. The monoisotopic (exact) mass is 304 g/mol. The van der Waals surface area contributed by atoms with E-state index in [0.717, 1.165) is 19.6 Å². The first-order chi connectivity index (χ1) is 10.3. The van der Waals surface area contributed by atoms with Gasteiger partial charge in [0.15, 0.2) is 0 Å². The van der Waals surface area contributed by atoms with Gasteiger partial charge in [-0.15, -0.1) is 0 Å². The maximum atomic E-state index is 12.2. The first kappa shape index (κ1) is 14.8. The summed E-state index contributed by atoms with van der Waals surface area (Å²) in [5.74, 6) is 0.346. The van der Waals surface area contributed by atoms with Crippen LogP contribution in [0.1, 0.15) is 38.2 Å². The van der Waals surface area contributed by atoms with Crippen LogP contribution in [0.25, 0.3) is 6.08 Å². The van der Waals surface area contributed by atoms with E-state index < -0.39 is 0 Å². The molecule has 1 aromatic heterocycles. The van der Waals surface area contributed by atoms with E-state index in [0.29, 0.717) is 24.4 Å². The largest absolute Gasteiger partial charge is 0.334 e. The molecule has 2 aliphatic heterocycles. The van der Waals surface area contributed by atoms with Crippen molar-refractivity contribution in [3.8, 4) is 0 Å². The third kappa shape index (κ3) is 3.38. The number of carbonyl (C=O) groups excluding carboxylic acids is 1. The van der Waals surface area contributed by atoms with E-state index in [9.17, 15) is 4.79 Å². The molecule has 0 N–H and O–H groups in total. The maximum Gasteiger partial charge on any atom is 0.222 e. The van der Waals surface area contributed by atoms with Crippen molar-refractivity contribution < 1.29 is 4.79 Å². The predicted octanol–water partition coefficient (Wildman–Crippen LogP) is 3.24. The molecular weight excluding hydrogens is 280 g/mol. The van der Waals surface area contributed by atoms with Gasteiger partial charge in [0.1, 0.15) is 0 Å². The molecule has 2 saturated heterocycles. The molecule has 0 spiro atoms. The predicted molar refractivity (Wildman–Crippen MR) is 88.4 cm³/mol. The van der Waals surface area contributed by atoms with Gasteiger partial charge < -0.3 is 4.90 Å². The van der Waals surface area contributed by atoms with Gasteiger partial charge in [-0.25, -0.2) is 0 Å². The minimum absolute atomic E-state index is 0.346. The summed E-state index contributed by atoms with van der Waals surface area (Å²) < 4.78 is 0. The van der Waals surface area contributed by atoms with Crippen molar-refractivity contribution in [3.05, 3.63) is 28.5 Å². The molecule has 3 nitrogen and oxygen atoms in total. The maximum absolute atomic E-state index is 12.2. The Kier molecular flexibility index (Phi) is 4.76. The summed E-state index contributed by atoms with van der Waals surface area (Å²) in [6.07, 6.45) is 8.73. The van der Waals surface area contributed by atoms with Crippen LogP contribution in [0, 0.1) is 0 Å². The molecule has 2 unspecified atom stereocenters. The van der Waals surface area contributed by atoms with Crippen LogP contribution >= 0.6 is 11.3 Å². The minimum Gasteiger partial charge on any atom is -0.334 e. The van der Waals surface area contributed by atoms with Crippen LogP contribution in [0.15, 0.2) is 22.9 Å². The van der Waals surface area contributed by atoms with Crippen LogP contribution in [0.2, 0.25) is 0 Å². The fraction of sp³-hybridized carbons (Fsp3) is 0.588.